The van der Waals surface area contributed by atoms with Crippen LogP contribution in [0.4, 0.5) is 0 Å². The number of aliphatic hydroxyl groups excluding tert-OH is 2. The van der Waals surface area contributed by atoms with Crippen molar-refractivity contribution in [2.24, 2.45) is 0 Å². The molecule has 4 aromatic carbocycles. The van der Waals surface area contributed by atoms with Crippen LogP contribution in [0.3, 0.4) is 0 Å². The van der Waals surface area contributed by atoms with Crippen molar-refractivity contribution < 1.29 is 63.7 Å². The molecule has 3 aliphatic heterocycles. The molecule has 10 heterocycles. The van der Waals surface area contributed by atoms with Crippen molar-refractivity contribution in [2.45, 2.75) is 155 Å². The van der Waals surface area contributed by atoms with Gasteiger partial charge in [0.25, 0.3) is 12.4 Å². The normalized spacial score (nSPS) is 14.3. The number of nitrogens with zero attached hydrogens (tertiary/aromatic N) is 8. The molecule has 22 nitrogen and oxygen atoms in total. The molecule has 0 bridgehead atoms. The van der Waals surface area contributed by atoms with E-state index in [1.54, 1.807) is 78.7 Å². The first-order chi connectivity index (χ1) is 57.4. The van der Waals surface area contributed by atoms with E-state index in [9.17, 15) is 24.3 Å². The highest BCUT2D eigenvalue weighted by atomic mass is 79.9. The van der Waals surface area contributed by atoms with E-state index in [4.69, 9.17) is 81.1 Å². The lowest BCUT2D eigenvalue weighted by Crippen LogP contribution is -2.41. The second kappa shape index (κ2) is 44.7. The van der Waals surface area contributed by atoms with Crippen LogP contribution < -0.4 is 21.0 Å². The van der Waals surface area contributed by atoms with Crippen molar-refractivity contribution in [3.05, 3.63) is 269 Å². The maximum absolute atomic E-state index is 12.8. The number of aliphatic hydroxyl groups is 2. The smallest absolute Gasteiger partial charge is 0.478 e. The summed E-state index contributed by atoms with van der Waals surface area (Å²) in [5.74, 6) is -1.80. The Kier molecular flexibility index (Phi) is 36.2. The molecule has 640 valence electrons. The lowest BCUT2D eigenvalue weighted by atomic mass is 9.77. The predicted molar refractivity (Wildman–Crippen MR) is 495 cm³/mol. The Labute approximate surface area is 758 Å². The van der Waals surface area contributed by atoms with Gasteiger partial charge in [0.05, 0.1) is 34.5 Å². The third kappa shape index (κ3) is 29.2. The third-order valence-corrected chi connectivity index (χ3v) is 22.3. The molecule has 3 saturated heterocycles. The van der Waals surface area contributed by atoms with Gasteiger partial charge in [-0.05, 0) is 240 Å². The SMILES string of the molecule is Brc1cncc(Br)c1.CC(C)(C)c1cc(-c2cncc(-c3ccc(C(=O)N4CCC(O)CC4)cc3Cl)c2)ccn1.CC(C)(C)c1cc(-c2cncc(-c3ccc(C(=O)O)cc3Cl)c2)ccn1.CC(C)(C)c1cc(B2OC(C)(C)C(C)(C)O2)ccn1.O=C(O)c1ccc(-c2cncc(Br)c2)c(Cl)c1.O=COc1ccc(B(O)O)c(Cl)c1.OC1CCNCC1. The topological polar surface area (TPSA) is 323 Å². The van der Waals surface area contributed by atoms with E-state index in [0.29, 0.717) is 46.6 Å². The van der Waals surface area contributed by atoms with Gasteiger partial charge in [-0.15, -0.1) is 0 Å². The molecule has 0 spiro atoms. The number of aromatic nitrogens is 7. The number of carbonyl (C=O) groups is 4. The number of hydrogen-bond acceptors (Lipinski definition) is 19. The lowest BCUT2D eigenvalue weighted by molar-refractivity contribution is -0.120. The van der Waals surface area contributed by atoms with E-state index in [1.807, 2.05) is 67.1 Å². The number of ether oxygens (including phenoxy) is 1. The lowest BCUT2D eigenvalue weighted by Gasteiger charge is -2.32. The Hall–Kier alpha value is -8.74. The first-order valence-electron chi connectivity index (χ1n) is 38.9. The van der Waals surface area contributed by atoms with Crippen LogP contribution in [-0.4, -0.2) is 158 Å². The van der Waals surface area contributed by atoms with Crippen LogP contribution in [0.1, 0.15) is 164 Å². The van der Waals surface area contributed by atoms with Crippen LogP contribution in [-0.2, 0) is 30.3 Å². The number of aromatic carboxylic acids is 2. The van der Waals surface area contributed by atoms with E-state index in [1.165, 1.54) is 36.4 Å². The number of benzene rings is 4. The molecule has 0 aliphatic carbocycles. The van der Waals surface area contributed by atoms with Crippen molar-refractivity contribution >= 4 is 144 Å². The van der Waals surface area contributed by atoms with Crippen LogP contribution in [0, 0.1) is 0 Å². The number of carboxylic acids is 2. The Morgan fingerprint density at radius 1 is 0.484 bits per heavy atom. The molecule has 11 aromatic rings. The molecule has 3 aliphatic rings. The minimum atomic E-state index is -1.63. The molecule has 3 fully saturated rings. The van der Waals surface area contributed by atoms with Gasteiger partial charge in [-0.2, -0.15) is 0 Å². The zero-order valence-corrected chi connectivity index (χ0v) is 77.6. The van der Waals surface area contributed by atoms with Gasteiger partial charge in [-0.25, -0.2) is 9.59 Å². The van der Waals surface area contributed by atoms with Crippen LogP contribution in [0.2, 0.25) is 20.1 Å². The van der Waals surface area contributed by atoms with Crippen molar-refractivity contribution in [1.29, 1.82) is 0 Å². The summed E-state index contributed by atoms with van der Waals surface area (Å²) in [5, 5.41) is 58.6. The molecule has 7 N–H and O–H groups in total. The average Bonchev–Trinajstić information content (AvgIpc) is 1.62. The molecule has 0 radical (unpaired) electrons. The summed E-state index contributed by atoms with van der Waals surface area (Å²) in [6.07, 6.45) is 22.2. The van der Waals surface area contributed by atoms with E-state index < -0.39 is 19.1 Å². The number of carbonyl (C=O) groups excluding carboxylic acids is 2. The summed E-state index contributed by atoms with van der Waals surface area (Å²) in [6, 6.07) is 38.9. The summed E-state index contributed by atoms with van der Waals surface area (Å²) in [5.41, 5.74) is 13.4. The highest BCUT2D eigenvalue weighted by Crippen LogP contribution is 2.39. The number of amides is 1. The van der Waals surface area contributed by atoms with Gasteiger partial charge >= 0.3 is 26.2 Å². The Balaban J connectivity index is 0.000000186. The molecule has 122 heavy (non-hydrogen) atoms. The van der Waals surface area contributed by atoms with Crippen molar-refractivity contribution in [2.75, 3.05) is 26.2 Å². The van der Waals surface area contributed by atoms with Crippen molar-refractivity contribution in [3.8, 4) is 61.4 Å². The minimum Gasteiger partial charge on any atom is -0.478 e. The standard InChI is InChI=1S/C26H28ClN3O2.C21H19ClN2O2.C15H24BNO2.C12H7BrClNO2.C7H6BClO4.C5H3Br2N.C5H11NO/c1-26(2,3)24-14-17(6-9-29-24)19-12-20(16-28-15-19)22-5-4-18(13-23(22)27)25(32)30-10-7-21(31)8-11-30;1-21(2,3)19-10-13(6-7-24-19)15-8-16(12-23-11-15)17-5-4-14(20(25)26)9-18(17)22;1-13(2,3)12-10-11(8-9-17-12)16-18-14(4,5)15(6,7)19-16;13-9-3-8(5-15-6-9)10-2-1-7(12(16)17)4-11(10)14;9-7-3-5(13-4-10)1-2-6(7)8(11)12;6-4-1-5(7)3-8-2-4;7-5-1-3-6-4-2-5/h4-6,9,12-16,21,31H,7-8,10-11H2,1-3H3;4-12H,1-3H3,(H,25,26);8-10H,1-7H3;1-6H,(H,16,17);1-4,11-12H;1-3H;5-7H,1-4H2. The maximum atomic E-state index is 12.8. The zero-order chi connectivity index (χ0) is 89.6. The van der Waals surface area contributed by atoms with Gasteiger partial charge < -0.3 is 54.7 Å². The number of halogens is 7. The summed E-state index contributed by atoms with van der Waals surface area (Å²) < 4.78 is 19.5. The van der Waals surface area contributed by atoms with Crippen LogP contribution in [0.15, 0.2) is 215 Å². The van der Waals surface area contributed by atoms with Gasteiger partial charge in [-0.3, -0.25) is 44.5 Å². The first kappa shape index (κ1) is 98.7. The predicted octanol–water partition coefficient (Wildman–Crippen LogP) is 19.3. The molecule has 1 amide bonds. The molecular weight excluding hydrogens is 1830 g/mol. The van der Waals surface area contributed by atoms with Gasteiger partial charge in [-0.1, -0.05) is 133 Å². The van der Waals surface area contributed by atoms with E-state index >= 15 is 0 Å². The number of pyridine rings is 7. The molecule has 0 atom stereocenters. The molecule has 7 aromatic heterocycles. The third-order valence-electron chi connectivity index (χ3n) is 19.7. The molecule has 0 saturated carbocycles. The largest absolute Gasteiger partial charge is 0.494 e. The Morgan fingerprint density at radius 3 is 1.25 bits per heavy atom. The highest BCUT2D eigenvalue weighted by molar-refractivity contribution is 9.11. The Bertz CT molecular complexity index is 5380. The number of carboxylic acid groups (broad SMARTS) is 2. The molecule has 14 rings (SSSR count). The average molecular weight is 1930 g/mol. The summed E-state index contributed by atoms with van der Waals surface area (Å²) in [6.45, 7) is 30.9. The number of hydrogen-bond donors (Lipinski definition) is 7. The molecule has 0 unspecified atom stereocenters. The number of rotatable bonds is 12. The highest BCUT2D eigenvalue weighted by Gasteiger charge is 2.52. The minimum absolute atomic E-state index is 0.0266. The number of nitrogens with one attached hydrogen (secondary N) is 1. The van der Waals surface area contributed by atoms with E-state index in [2.05, 4.69) is 207 Å². The van der Waals surface area contributed by atoms with Gasteiger partial charge in [0, 0.05) is 204 Å². The maximum Gasteiger partial charge on any atom is 0.494 e. The quantitative estimate of drug-likeness (QED) is 0.0441. The number of likely N-dealkylation sites (tertiary alicyclic amines) is 1. The fraction of sp³-hybridized carbons (Fsp3) is 0.308. The monoisotopic (exact) mass is 1920 g/mol. The zero-order valence-electron chi connectivity index (χ0n) is 69.9. The van der Waals surface area contributed by atoms with E-state index in [-0.39, 0.29) is 86.5 Å². The van der Waals surface area contributed by atoms with E-state index in [0.717, 1.165) is 118 Å². The first-order valence-corrected chi connectivity index (χ1v) is 42.8. The fourth-order valence-electron chi connectivity index (χ4n) is 12.0. The molecular formula is C91H98B2Br3Cl4N9O13. The summed E-state index contributed by atoms with van der Waals surface area (Å²) >= 11 is 34.5. The van der Waals surface area contributed by atoms with Crippen LogP contribution in [0.5, 0.6) is 5.75 Å². The van der Waals surface area contributed by atoms with Gasteiger partial charge in [0.1, 0.15) is 5.75 Å². The number of piperidine rings is 2. The fourth-order valence-corrected chi connectivity index (χ4v) is 14.5. The molecule has 31 heteroatoms. The second-order valence-corrected chi connectivity index (χ2v) is 37.2. The second-order valence-electron chi connectivity index (χ2n) is 32.8. The van der Waals surface area contributed by atoms with Crippen LogP contribution >= 0.6 is 94.2 Å². The van der Waals surface area contributed by atoms with Crippen LogP contribution in [0.25, 0.3) is 55.6 Å². The van der Waals surface area contributed by atoms with Gasteiger partial charge in [0.2, 0.25) is 0 Å². The summed E-state index contributed by atoms with van der Waals surface area (Å²) in [4.78, 5) is 76.5. The Morgan fingerprint density at radius 2 is 0.869 bits per heavy atom. The van der Waals surface area contributed by atoms with Crippen molar-refractivity contribution in [3.63, 3.8) is 0 Å². The summed E-state index contributed by atoms with van der Waals surface area (Å²) in [7, 11) is -1.94. The van der Waals surface area contributed by atoms with Gasteiger partial charge in [0.15, 0.2) is 0 Å². The van der Waals surface area contributed by atoms with Crippen molar-refractivity contribution in [1.82, 2.24) is 45.1 Å².